The second-order valence-electron chi connectivity index (χ2n) is 4.14. The highest BCUT2D eigenvalue weighted by Crippen LogP contribution is 2.31. The third-order valence-corrected chi connectivity index (χ3v) is 3.06. The topological polar surface area (TPSA) is 38.9 Å². The summed E-state index contributed by atoms with van der Waals surface area (Å²) in [5, 5.41) is 0. The Bertz CT molecular complexity index is 510. The molecule has 0 amide bonds. The Morgan fingerprint density at radius 2 is 1.75 bits per heavy atom. The molecule has 0 saturated heterocycles. The summed E-state index contributed by atoms with van der Waals surface area (Å²) >= 11 is 0. The summed E-state index contributed by atoms with van der Waals surface area (Å²) in [6, 6.07) is 8.26. The van der Waals surface area contributed by atoms with Crippen molar-refractivity contribution in [3.05, 3.63) is 47.2 Å². The Morgan fingerprint density at radius 1 is 1.00 bits per heavy atom. The number of aromatic nitrogens is 1. The van der Waals surface area contributed by atoms with Gasteiger partial charge in [-0.3, -0.25) is 0 Å². The maximum atomic E-state index is 5.96. The third-order valence-electron chi connectivity index (χ3n) is 3.06. The van der Waals surface area contributed by atoms with Crippen LogP contribution in [-0.2, 0) is 0 Å². The highest BCUT2D eigenvalue weighted by Gasteiger charge is 2.10. The summed E-state index contributed by atoms with van der Waals surface area (Å²) in [5.74, 6) is 0.605. The standard InChI is InChI=1S/C14H16N2/c1-9-5-4-6-12(11(9)3)13-10(2)7-8-16-14(13)15/h4-8H,1-3H3,(H2,15,16). The van der Waals surface area contributed by atoms with Gasteiger partial charge in [-0.2, -0.15) is 0 Å². The van der Waals surface area contributed by atoms with Crippen LogP contribution in [0.5, 0.6) is 0 Å². The monoisotopic (exact) mass is 212 g/mol. The highest BCUT2D eigenvalue weighted by atomic mass is 14.8. The zero-order valence-electron chi connectivity index (χ0n) is 9.91. The minimum absolute atomic E-state index is 0.605. The van der Waals surface area contributed by atoms with E-state index in [1.165, 1.54) is 22.3 Å². The molecule has 0 atom stereocenters. The minimum atomic E-state index is 0.605. The second-order valence-corrected chi connectivity index (χ2v) is 4.14. The van der Waals surface area contributed by atoms with Gasteiger partial charge in [-0.1, -0.05) is 18.2 Å². The fourth-order valence-electron chi connectivity index (χ4n) is 1.95. The maximum Gasteiger partial charge on any atom is 0.131 e. The summed E-state index contributed by atoms with van der Waals surface area (Å²) in [7, 11) is 0. The lowest BCUT2D eigenvalue weighted by atomic mass is 9.95. The van der Waals surface area contributed by atoms with Crippen molar-refractivity contribution in [2.24, 2.45) is 0 Å². The molecule has 0 saturated carbocycles. The van der Waals surface area contributed by atoms with Crippen LogP contribution in [0, 0.1) is 20.8 Å². The molecule has 1 aromatic carbocycles. The van der Waals surface area contributed by atoms with Crippen LogP contribution in [0.15, 0.2) is 30.5 Å². The van der Waals surface area contributed by atoms with Gasteiger partial charge in [0.05, 0.1) is 0 Å². The fourth-order valence-corrected chi connectivity index (χ4v) is 1.95. The molecular formula is C14H16N2. The number of nitrogens with zero attached hydrogens (tertiary/aromatic N) is 1. The first-order valence-corrected chi connectivity index (χ1v) is 5.39. The number of benzene rings is 1. The lowest BCUT2D eigenvalue weighted by Crippen LogP contribution is -1.98. The van der Waals surface area contributed by atoms with Crippen LogP contribution in [0.2, 0.25) is 0 Å². The van der Waals surface area contributed by atoms with Crippen molar-refractivity contribution in [2.75, 3.05) is 5.73 Å². The number of rotatable bonds is 1. The van der Waals surface area contributed by atoms with Crippen molar-refractivity contribution in [3.63, 3.8) is 0 Å². The quantitative estimate of drug-likeness (QED) is 0.788. The molecule has 0 bridgehead atoms. The number of anilines is 1. The molecule has 16 heavy (non-hydrogen) atoms. The van der Waals surface area contributed by atoms with Gasteiger partial charge in [0.2, 0.25) is 0 Å². The minimum Gasteiger partial charge on any atom is -0.383 e. The predicted octanol–water partition coefficient (Wildman–Crippen LogP) is 3.26. The van der Waals surface area contributed by atoms with Crippen LogP contribution in [0.25, 0.3) is 11.1 Å². The van der Waals surface area contributed by atoms with E-state index in [4.69, 9.17) is 5.73 Å². The van der Waals surface area contributed by atoms with Crippen molar-refractivity contribution in [2.45, 2.75) is 20.8 Å². The van der Waals surface area contributed by atoms with Gasteiger partial charge < -0.3 is 5.73 Å². The number of nitrogen functional groups attached to an aromatic ring is 1. The summed E-state index contributed by atoms with van der Waals surface area (Å²) in [4.78, 5) is 4.16. The average molecular weight is 212 g/mol. The third kappa shape index (κ3) is 1.67. The van der Waals surface area contributed by atoms with E-state index >= 15 is 0 Å². The molecule has 2 aromatic rings. The Morgan fingerprint density at radius 3 is 2.44 bits per heavy atom. The van der Waals surface area contributed by atoms with Gasteiger partial charge in [0.1, 0.15) is 5.82 Å². The van der Waals surface area contributed by atoms with Crippen LogP contribution in [-0.4, -0.2) is 4.98 Å². The molecule has 2 N–H and O–H groups in total. The van der Waals surface area contributed by atoms with Crippen LogP contribution < -0.4 is 5.73 Å². The Balaban J connectivity index is 2.73. The molecule has 2 rings (SSSR count). The van der Waals surface area contributed by atoms with Crippen molar-refractivity contribution in [1.82, 2.24) is 4.98 Å². The summed E-state index contributed by atoms with van der Waals surface area (Å²) in [6.07, 6.45) is 1.75. The number of hydrogen-bond acceptors (Lipinski definition) is 2. The SMILES string of the molecule is Cc1cccc(-c2c(C)ccnc2N)c1C. The molecule has 2 nitrogen and oxygen atoms in total. The molecule has 1 aromatic heterocycles. The lowest BCUT2D eigenvalue weighted by molar-refractivity contribution is 1.27. The highest BCUT2D eigenvalue weighted by molar-refractivity contribution is 5.79. The first kappa shape index (κ1) is 10.7. The van der Waals surface area contributed by atoms with Crippen LogP contribution in [0.4, 0.5) is 5.82 Å². The average Bonchev–Trinajstić information content (AvgIpc) is 2.24. The summed E-state index contributed by atoms with van der Waals surface area (Å²) in [5.41, 5.74) is 11.9. The van der Waals surface area contributed by atoms with Crippen molar-refractivity contribution in [3.8, 4) is 11.1 Å². The molecule has 0 aliphatic heterocycles. The molecule has 0 fully saturated rings. The first-order chi connectivity index (χ1) is 7.61. The molecule has 1 heterocycles. The van der Waals surface area contributed by atoms with E-state index in [0.29, 0.717) is 5.82 Å². The van der Waals surface area contributed by atoms with Crippen LogP contribution in [0.3, 0.4) is 0 Å². The largest absolute Gasteiger partial charge is 0.383 e. The molecule has 0 unspecified atom stereocenters. The Hall–Kier alpha value is -1.83. The van der Waals surface area contributed by atoms with Gasteiger partial charge in [0.25, 0.3) is 0 Å². The molecule has 82 valence electrons. The normalized spacial score (nSPS) is 10.4. The van der Waals surface area contributed by atoms with E-state index in [2.05, 4.69) is 44.0 Å². The zero-order valence-corrected chi connectivity index (χ0v) is 9.91. The predicted molar refractivity (Wildman–Crippen MR) is 68.3 cm³/mol. The molecular weight excluding hydrogens is 196 g/mol. The zero-order chi connectivity index (χ0) is 11.7. The van der Waals surface area contributed by atoms with Gasteiger partial charge in [0.15, 0.2) is 0 Å². The molecule has 2 heteroatoms. The van der Waals surface area contributed by atoms with E-state index in [1.54, 1.807) is 6.20 Å². The van der Waals surface area contributed by atoms with E-state index in [0.717, 1.165) is 5.56 Å². The van der Waals surface area contributed by atoms with Gasteiger partial charge >= 0.3 is 0 Å². The van der Waals surface area contributed by atoms with Gasteiger partial charge in [0, 0.05) is 11.8 Å². The molecule has 0 spiro atoms. The maximum absolute atomic E-state index is 5.96. The second kappa shape index (κ2) is 3.97. The first-order valence-electron chi connectivity index (χ1n) is 5.39. The van der Waals surface area contributed by atoms with Gasteiger partial charge in [-0.15, -0.1) is 0 Å². The Labute approximate surface area is 96.1 Å². The van der Waals surface area contributed by atoms with E-state index in [1.807, 2.05) is 6.07 Å². The van der Waals surface area contributed by atoms with E-state index in [9.17, 15) is 0 Å². The molecule has 0 aliphatic rings. The number of aryl methyl sites for hydroxylation is 2. The van der Waals surface area contributed by atoms with Crippen LogP contribution in [0.1, 0.15) is 16.7 Å². The van der Waals surface area contributed by atoms with Gasteiger partial charge in [-0.05, 0) is 49.1 Å². The number of hydrogen-bond donors (Lipinski definition) is 1. The van der Waals surface area contributed by atoms with Crippen molar-refractivity contribution < 1.29 is 0 Å². The Kier molecular flexibility index (Phi) is 2.65. The number of nitrogens with two attached hydrogens (primary N) is 1. The fraction of sp³-hybridized carbons (Fsp3) is 0.214. The van der Waals surface area contributed by atoms with E-state index < -0.39 is 0 Å². The molecule has 0 aliphatic carbocycles. The van der Waals surface area contributed by atoms with Crippen LogP contribution >= 0.6 is 0 Å². The van der Waals surface area contributed by atoms with Crippen molar-refractivity contribution in [1.29, 1.82) is 0 Å². The summed E-state index contributed by atoms with van der Waals surface area (Å²) < 4.78 is 0. The van der Waals surface area contributed by atoms with Crippen molar-refractivity contribution >= 4 is 5.82 Å². The van der Waals surface area contributed by atoms with Gasteiger partial charge in [-0.25, -0.2) is 4.98 Å². The smallest absolute Gasteiger partial charge is 0.131 e. The number of pyridine rings is 1. The molecule has 0 radical (unpaired) electrons. The summed E-state index contributed by atoms with van der Waals surface area (Å²) in [6.45, 7) is 6.30. The lowest BCUT2D eigenvalue weighted by Gasteiger charge is -2.12. The van der Waals surface area contributed by atoms with E-state index in [-0.39, 0.29) is 0 Å².